The van der Waals surface area contributed by atoms with E-state index in [1.54, 1.807) is 0 Å². The number of nitrogens with one attached hydrogen (secondary N) is 1. The lowest BCUT2D eigenvalue weighted by molar-refractivity contribution is -0.132. The number of hydrogen-bond donors (Lipinski definition) is 2. The lowest BCUT2D eigenvalue weighted by atomic mass is 10.0. The van der Waals surface area contributed by atoms with Crippen molar-refractivity contribution >= 4 is 16.8 Å². The SMILES string of the molecule is CCCN(CCC)C(=O)[C@@H](N)Cc1c[nH]c2ccccc12. The van der Waals surface area contributed by atoms with E-state index in [-0.39, 0.29) is 5.91 Å². The van der Waals surface area contributed by atoms with E-state index in [1.165, 1.54) is 0 Å². The summed E-state index contributed by atoms with van der Waals surface area (Å²) in [4.78, 5) is 17.6. The van der Waals surface area contributed by atoms with Crippen LogP contribution in [0.4, 0.5) is 0 Å². The maximum atomic E-state index is 12.5. The lowest BCUT2D eigenvalue weighted by Crippen LogP contribution is -2.45. The highest BCUT2D eigenvalue weighted by Crippen LogP contribution is 2.19. The van der Waals surface area contributed by atoms with Crippen molar-refractivity contribution in [2.75, 3.05) is 13.1 Å². The Morgan fingerprint density at radius 3 is 2.57 bits per heavy atom. The number of hydrogen-bond acceptors (Lipinski definition) is 2. The number of aromatic nitrogens is 1. The third-order valence-electron chi connectivity index (χ3n) is 3.73. The Kier molecular flexibility index (Phi) is 5.39. The first-order valence-electron chi connectivity index (χ1n) is 7.76. The van der Waals surface area contributed by atoms with E-state index in [2.05, 4.69) is 24.9 Å². The number of H-pyrrole nitrogens is 1. The molecular weight excluding hydrogens is 262 g/mol. The van der Waals surface area contributed by atoms with Crippen LogP contribution in [0.5, 0.6) is 0 Å². The normalized spacial score (nSPS) is 12.5. The summed E-state index contributed by atoms with van der Waals surface area (Å²) in [7, 11) is 0. The number of aromatic amines is 1. The van der Waals surface area contributed by atoms with Crippen LogP contribution in [-0.4, -0.2) is 34.9 Å². The predicted octanol–water partition coefficient (Wildman–Crippen LogP) is 2.69. The number of amides is 1. The molecule has 0 spiro atoms. The minimum Gasteiger partial charge on any atom is -0.361 e. The smallest absolute Gasteiger partial charge is 0.239 e. The molecule has 0 fully saturated rings. The van der Waals surface area contributed by atoms with Gasteiger partial charge in [-0.15, -0.1) is 0 Å². The Bertz CT molecular complexity index is 584. The second kappa shape index (κ2) is 7.27. The largest absolute Gasteiger partial charge is 0.361 e. The molecule has 0 unspecified atom stereocenters. The summed E-state index contributed by atoms with van der Waals surface area (Å²) in [6.07, 6.45) is 4.46. The molecule has 1 aromatic carbocycles. The number of benzene rings is 1. The van der Waals surface area contributed by atoms with E-state index in [4.69, 9.17) is 5.73 Å². The molecule has 2 rings (SSSR count). The molecule has 0 aliphatic heterocycles. The molecule has 1 aromatic heterocycles. The van der Waals surface area contributed by atoms with Crippen molar-refractivity contribution in [2.24, 2.45) is 5.73 Å². The summed E-state index contributed by atoms with van der Waals surface area (Å²) in [6.45, 7) is 5.74. The third-order valence-corrected chi connectivity index (χ3v) is 3.73. The zero-order valence-corrected chi connectivity index (χ0v) is 12.9. The van der Waals surface area contributed by atoms with E-state index in [0.29, 0.717) is 6.42 Å². The quantitative estimate of drug-likeness (QED) is 0.822. The maximum absolute atomic E-state index is 12.5. The number of nitrogens with two attached hydrogens (primary N) is 1. The monoisotopic (exact) mass is 287 g/mol. The fourth-order valence-electron chi connectivity index (χ4n) is 2.73. The van der Waals surface area contributed by atoms with Crippen molar-refractivity contribution in [3.8, 4) is 0 Å². The molecular formula is C17H25N3O. The molecule has 0 saturated heterocycles. The van der Waals surface area contributed by atoms with E-state index >= 15 is 0 Å². The molecule has 1 amide bonds. The first kappa shape index (κ1) is 15.6. The van der Waals surface area contributed by atoms with E-state index in [9.17, 15) is 4.79 Å². The zero-order valence-electron chi connectivity index (χ0n) is 12.9. The van der Waals surface area contributed by atoms with Crippen molar-refractivity contribution in [2.45, 2.75) is 39.2 Å². The van der Waals surface area contributed by atoms with Crippen molar-refractivity contribution in [3.63, 3.8) is 0 Å². The fourth-order valence-corrected chi connectivity index (χ4v) is 2.73. The molecule has 4 heteroatoms. The molecule has 1 heterocycles. The van der Waals surface area contributed by atoms with Gasteiger partial charge < -0.3 is 15.6 Å². The van der Waals surface area contributed by atoms with Gasteiger partial charge in [-0.05, 0) is 30.9 Å². The molecule has 0 saturated carbocycles. The molecule has 0 aliphatic rings. The first-order chi connectivity index (χ1) is 10.2. The molecule has 0 aliphatic carbocycles. The Morgan fingerprint density at radius 1 is 1.24 bits per heavy atom. The van der Waals surface area contributed by atoms with Crippen molar-refractivity contribution in [1.82, 2.24) is 9.88 Å². The number of carbonyl (C=O) groups is 1. The first-order valence-corrected chi connectivity index (χ1v) is 7.76. The third kappa shape index (κ3) is 3.64. The number of para-hydroxylation sites is 1. The Morgan fingerprint density at radius 2 is 1.90 bits per heavy atom. The molecule has 0 radical (unpaired) electrons. The number of fused-ring (bicyclic) bond motifs is 1. The van der Waals surface area contributed by atoms with Crippen LogP contribution < -0.4 is 5.73 Å². The highest BCUT2D eigenvalue weighted by molar-refractivity contribution is 5.86. The van der Waals surface area contributed by atoms with Gasteiger partial charge in [-0.1, -0.05) is 32.0 Å². The molecule has 1 atom stereocenters. The minimum absolute atomic E-state index is 0.0592. The van der Waals surface area contributed by atoms with Gasteiger partial charge in [-0.25, -0.2) is 0 Å². The summed E-state index contributed by atoms with van der Waals surface area (Å²) in [5.74, 6) is 0.0592. The standard InChI is InChI=1S/C17H25N3O/c1-3-9-20(10-4-2)17(21)15(18)11-13-12-19-16-8-6-5-7-14(13)16/h5-8,12,15,19H,3-4,9-11,18H2,1-2H3/t15-/m0/s1. The second-order valence-electron chi connectivity index (χ2n) is 5.50. The van der Waals surface area contributed by atoms with Crippen LogP contribution in [0, 0.1) is 0 Å². The summed E-state index contributed by atoms with van der Waals surface area (Å²) in [5, 5.41) is 1.15. The molecule has 2 aromatic rings. The van der Waals surface area contributed by atoms with E-state index < -0.39 is 6.04 Å². The van der Waals surface area contributed by atoms with Gasteiger partial charge in [0.1, 0.15) is 0 Å². The van der Waals surface area contributed by atoms with Crippen LogP contribution in [0.1, 0.15) is 32.3 Å². The summed E-state index contributed by atoms with van der Waals surface area (Å²) < 4.78 is 0. The van der Waals surface area contributed by atoms with Gasteiger partial charge in [-0.3, -0.25) is 4.79 Å². The molecule has 21 heavy (non-hydrogen) atoms. The number of carbonyl (C=O) groups excluding carboxylic acids is 1. The molecule has 114 valence electrons. The van der Waals surface area contributed by atoms with Crippen LogP contribution in [0.15, 0.2) is 30.5 Å². The minimum atomic E-state index is -0.470. The topological polar surface area (TPSA) is 62.1 Å². The summed E-state index contributed by atoms with van der Waals surface area (Å²) >= 11 is 0. The lowest BCUT2D eigenvalue weighted by Gasteiger charge is -2.24. The molecule has 4 nitrogen and oxygen atoms in total. The number of nitrogens with zero attached hydrogens (tertiary/aromatic N) is 1. The molecule has 3 N–H and O–H groups in total. The van der Waals surface area contributed by atoms with Gasteiger partial charge >= 0.3 is 0 Å². The average molecular weight is 287 g/mol. The fraction of sp³-hybridized carbons (Fsp3) is 0.471. The van der Waals surface area contributed by atoms with E-state index in [0.717, 1.165) is 42.4 Å². The highest BCUT2D eigenvalue weighted by atomic mass is 16.2. The van der Waals surface area contributed by atoms with Crippen molar-refractivity contribution < 1.29 is 4.79 Å². The van der Waals surface area contributed by atoms with Gasteiger partial charge in [0.25, 0.3) is 0 Å². The van der Waals surface area contributed by atoms with Gasteiger partial charge in [0, 0.05) is 30.2 Å². The summed E-state index contributed by atoms with van der Waals surface area (Å²) in [6, 6.07) is 7.63. The van der Waals surface area contributed by atoms with Gasteiger partial charge in [-0.2, -0.15) is 0 Å². The summed E-state index contributed by atoms with van der Waals surface area (Å²) in [5.41, 5.74) is 8.36. The van der Waals surface area contributed by atoms with Gasteiger partial charge in [0.2, 0.25) is 5.91 Å². The predicted molar refractivity (Wildman–Crippen MR) is 87.1 cm³/mol. The van der Waals surface area contributed by atoms with Gasteiger partial charge in [0.15, 0.2) is 0 Å². The van der Waals surface area contributed by atoms with Gasteiger partial charge in [0.05, 0.1) is 6.04 Å². The van der Waals surface area contributed by atoms with Crippen LogP contribution in [0.25, 0.3) is 10.9 Å². The highest BCUT2D eigenvalue weighted by Gasteiger charge is 2.21. The number of rotatable bonds is 7. The Hall–Kier alpha value is -1.81. The zero-order chi connectivity index (χ0) is 15.2. The van der Waals surface area contributed by atoms with Crippen LogP contribution in [-0.2, 0) is 11.2 Å². The molecule has 0 bridgehead atoms. The van der Waals surface area contributed by atoms with Crippen LogP contribution in [0.2, 0.25) is 0 Å². The van der Waals surface area contributed by atoms with Crippen molar-refractivity contribution in [1.29, 1.82) is 0 Å². The van der Waals surface area contributed by atoms with Crippen LogP contribution >= 0.6 is 0 Å². The van der Waals surface area contributed by atoms with Crippen LogP contribution in [0.3, 0.4) is 0 Å². The van der Waals surface area contributed by atoms with E-state index in [1.807, 2.05) is 29.3 Å². The van der Waals surface area contributed by atoms with Crippen molar-refractivity contribution in [3.05, 3.63) is 36.0 Å². The Labute approximate surface area is 126 Å². The Balaban J connectivity index is 2.09. The second-order valence-corrected chi connectivity index (χ2v) is 5.50. The average Bonchev–Trinajstić information content (AvgIpc) is 2.89. The maximum Gasteiger partial charge on any atom is 0.239 e.